The Hall–Kier alpha value is -1.94. The third-order valence-electron chi connectivity index (χ3n) is 22.7. The summed E-state index contributed by atoms with van der Waals surface area (Å²) in [4.78, 5) is 73.4. The van der Waals surface area contributed by atoms with Crippen molar-refractivity contribution in [3.63, 3.8) is 0 Å². The van der Waals surface area contributed by atoms with Gasteiger partial charge in [-0.3, -0.25) is 37.3 Å². The van der Waals surface area contributed by atoms with E-state index in [1.807, 2.05) is 0 Å². The van der Waals surface area contributed by atoms with E-state index in [1.54, 1.807) is 0 Å². The van der Waals surface area contributed by atoms with Gasteiger partial charge in [0.15, 0.2) is 12.2 Å². The number of phosphoric acid groups is 2. The lowest BCUT2D eigenvalue weighted by molar-refractivity contribution is -0.161. The number of hydrogen-bond acceptors (Lipinski definition) is 15. The molecule has 111 heavy (non-hydrogen) atoms. The number of carbonyl (C=O) groups is 4. The fourth-order valence-electron chi connectivity index (χ4n) is 14.3. The predicted molar refractivity (Wildman–Crippen MR) is 460 cm³/mol. The average molecular weight is 1620 g/mol. The predicted octanol–water partition coefficient (Wildman–Crippen LogP) is 28.3. The maximum Gasteiger partial charge on any atom is 0.472 e. The molecule has 0 bridgehead atoms. The summed E-state index contributed by atoms with van der Waals surface area (Å²) in [5, 5.41) is 10.7. The number of carbonyl (C=O) groups excluding carboxylic acids is 4. The first-order valence-electron chi connectivity index (χ1n) is 47.3. The van der Waals surface area contributed by atoms with Crippen molar-refractivity contribution in [2.75, 3.05) is 39.6 Å². The smallest absolute Gasteiger partial charge is 0.462 e. The fraction of sp³-hybridized carbons (Fsp3) is 0.957. The Morgan fingerprint density at radius 2 is 0.432 bits per heavy atom. The van der Waals surface area contributed by atoms with Crippen LogP contribution in [0.1, 0.15) is 486 Å². The number of esters is 4. The zero-order chi connectivity index (χ0) is 81.6. The molecule has 0 saturated carbocycles. The van der Waals surface area contributed by atoms with Crippen molar-refractivity contribution in [1.82, 2.24) is 0 Å². The first-order chi connectivity index (χ1) is 53.7. The number of aliphatic hydroxyl groups is 1. The molecule has 0 aromatic rings. The molecule has 19 heteroatoms. The lowest BCUT2D eigenvalue weighted by Gasteiger charge is -2.21. The maximum absolute atomic E-state index is 13.2. The second-order valence-electron chi connectivity index (χ2n) is 34.3. The zero-order valence-electron chi connectivity index (χ0n) is 73.6. The fourth-order valence-corrected chi connectivity index (χ4v) is 15.9. The van der Waals surface area contributed by atoms with Gasteiger partial charge < -0.3 is 33.8 Å². The molecule has 0 saturated heterocycles. The van der Waals surface area contributed by atoms with Gasteiger partial charge in [0, 0.05) is 25.7 Å². The summed E-state index contributed by atoms with van der Waals surface area (Å²) in [6.07, 6.45) is 72.1. The minimum atomic E-state index is -4.97. The van der Waals surface area contributed by atoms with Crippen LogP contribution in [-0.2, 0) is 65.4 Å². The Morgan fingerprint density at radius 1 is 0.252 bits per heavy atom. The van der Waals surface area contributed by atoms with E-state index >= 15 is 0 Å². The molecule has 0 aliphatic carbocycles. The van der Waals surface area contributed by atoms with Gasteiger partial charge in [0.2, 0.25) is 0 Å². The molecule has 0 aromatic carbocycles. The van der Waals surface area contributed by atoms with E-state index < -0.39 is 97.5 Å². The van der Waals surface area contributed by atoms with E-state index in [4.69, 9.17) is 37.0 Å². The summed E-state index contributed by atoms with van der Waals surface area (Å²) in [5.74, 6) is 1.21. The molecule has 0 radical (unpaired) electrons. The van der Waals surface area contributed by atoms with Crippen LogP contribution < -0.4 is 0 Å². The van der Waals surface area contributed by atoms with Crippen LogP contribution in [0, 0.1) is 23.7 Å². The number of phosphoric ester groups is 2. The molecule has 0 aliphatic rings. The summed E-state index contributed by atoms with van der Waals surface area (Å²) in [6, 6.07) is 0. The maximum atomic E-state index is 13.2. The van der Waals surface area contributed by atoms with Crippen molar-refractivity contribution in [2.24, 2.45) is 23.7 Å². The standard InChI is InChI=1S/C92H180O17P2/c1-9-83(6)69-61-53-45-37-28-24-20-16-12-14-18-22-26-30-40-48-56-64-72-89(94)102-78-87(108-91(96)74-66-58-50-42-31-27-23-19-15-13-17-21-25-29-38-46-54-62-70-84(7)10-2)80-106-110(98,99)104-76-86(93)77-105-111(100,101)107-81-88(79-103-90(95)73-65-57-49-41-34-32-36-44-52-60-68-82(4)5)109-92(97)75-67-59-51-43-35-33-39-47-55-63-71-85(8)11-3/h82-88,93H,9-81H2,1-8H3,(H,98,99)(H,100,101)/t83?,84?,85?,86-,87-,88-/m1/s1. The number of unbranched alkanes of at least 4 members (excludes halogenated alkanes) is 52. The third kappa shape index (κ3) is 81.6. The first kappa shape index (κ1) is 109. The Kier molecular flexibility index (Phi) is 79.1. The van der Waals surface area contributed by atoms with Crippen LogP contribution in [0.5, 0.6) is 0 Å². The van der Waals surface area contributed by atoms with E-state index in [-0.39, 0.29) is 25.7 Å². The van der Waals surface area contributed by atoms with Crippen LogP contribution in [0.2, 0.25) is 0 Å². The third-order valence-corrected chi connectivity index (χ3v) is 24.6. The topological polar surface area (TPSA) is 237 Å². The quantitative estimate of drug-likeness (QED) is 0.0222. The molecule has 0 aliphatic heterocycles. The summed E-state index contributed by atoms with van der Waals surface area (Å²) < 4.78 is 69.1. The van der Waals surface area contributed by atoms with Crippen LogP contribution in [0.4, 0.5) is 0 Å². The number of aliphatic hydroxyl groups excluding tert-OH is 1. The van der Waals surface area contributed by atoms with Crippen LogP contribution in [0.3, 0.4) is 0 Å². The lowest BCUT2D eigenvalue weighted by Crippen LogP contribution is -2.30. The first-order valence-corrected chi connectivity index (χ1v) is 50.3. The molecule has 0 amide bonds. The Labute approximate surface area is 683 Å². The molecule has 17 nitrogen and oxygen atoms in total. The highest BCUT2D eigenvalue weighted by Gasteiger charge is 2.31. The van der Waals surface area contributed by atoms with Crippen LogP contribution in [0.25, 0.3) is 0 Å². The molecule has 660 valence electrons. The molecular formula is C92H180O17P2. The summed E-state index contributed by atoms with van der Waals surface area (Å²) in [5.41, 5.74) is 0. The minimum absolute atomic E-state index is 0.106. The van der Waals surface area contributed by atoms with Crippen molar-refractivity contribution in [3.8, 4) is 0 Å². The summed E-state index contributed by atoms with van der Waals surface area (Å²) in [6.45, 7) is 14.5. The monoisotopic (exact) mass is 1620 g/mol. The van der Waals surface area contributed by atoms with E-state index in [0.717, 1.165) is 114 Å². The number of ether oxygens (including phenoxy) is 4. The normalized spacial score (nSPS) is 14.6. The summed E-state index contributed by atoms with van der Waals surface area (Å²) >= 11 is 0. The second kappa shape index (κ2) is 80.5. The molecule has 0 spiro atoms. The SMILES string of the molecule is CCC(C)CCCCCCCCCCCCCCCCCCCCC(=O)OC[C@H](COP(=O)(O)OC[C@@H](O)COP(=O)(O)OC[C@@H](COC(=O)CCCCCCCCCCCCC(C)C)OC(=O)CCCCCCCCCCCCC(C)CC)OC(=O)CCCCCCCCCCCCCCCCCCCCC(C)CC. The van der Waals surface area contributed by atoms with E-state index in [2.05, 4.69) is 55.4 Å². The highest BCUT2D eigenvalue weighted by atomic mass is 31.2. The molecule has 3 N–H and O–H groups in total. The summed E-state index contributed by atoms with van der Waals surface area (Å²) in [7, 11) is -9.94. The number of rotatable bonds is 89. The van der Waals surface area contributed by atoms with Crippen molar-refractivity contribution in [3.05, 3.63) is 0 Å². The van der Waals surface area contributed by atoms with Gasteiger partial charge in [0.1, 0.15) is 19.3 Å². The largest absolute Gasteiger partial charge is 0.472 e. The van der Waals surface area contributed by atoms with Gasteiger partial charge in [0.25, 0.3) is 0 Å². The molecule has 5 unspecified atom stereocenters. The van der Waals surface area contributed by atoms with Crippen LogP contribution in [-0.4, -0.2) is 96.7 Å². The van der Waals surface area contributed by atoms with Gasteiger partial charge in [-0.1, -0.05) is 434 Å². The molecule has 0 rings (SSSR count). The minimum Gasteiger partial charge on any atom is -0.462 e. The Balaban J connectivity index is 5.24. The van der Waals surface area contributed by atoms with Crippen molar-refractivity contribution in [1.29, 1.82) is 0 Å². The van der Waals surface area contributed by atoms with E-state index in [1.165, 1.54) is 289 Å². The average Bonchev–Trinajstić information content (AvgIpc) is 0.902. The van der Waals surface area contributed by atoms with E-state index in [9.17, 15) is 43.2 Å². The van der Waals surface area contributed by atoms with Crippen LogP contribution in [0.15, 0.2) is 0 Å². The molecule has 0 fully saturated rings. The van der Waals surface area contributed by atoms with Gasteiger partial charge in [-0.15, -0.1) is 0 Å². The van der Waals surface area contributed by atoms with Crippen molar-refractivity contribution in [2.45, 2.75) is 504 Å². The van der Waals surface area contributed by atoms with Gasteiger partial charge in [-0.25, -0.2) is 9.13 Å². The molecule has 8 atom stereocenters. The van der Waals surface area contributed by atoms with Gasteiger partial charge in [-0.2, -0.15) is 0 Å². The molecule has 0 aromatic heterocycles. The zero-order valence-corrected chi connectivity index (χ0v) is 75.4. The van der Waals surface area contributed by atoms with Gasteiger partial charge in [0.05, 0.1) is 26.4 Å². The highest BCUT2D eigenvalue weighted by Crippen LogP contribution is 2.45. The Morgan fingerprint density at radius 3 is 0.640 bits per heavy atom. The molecular weight excluding hydrogens is 1440 g/mol. The van der Waals surface area contributed by atoms with E-state index in [0.29, 0.717) is 25.7 Å². The molecule has 0 heterocycles. The van der Waals surface area contributed by atoms with Gasteiger partial charge >= 0.3 is 39.5 Å². The van der Waals surface area contributed by atoms with Gasteiger partial charge in [-0.05, 0) is 49.4 Å². The Bertz CT molecular complexity index is 2150. The van der Waals surface area contributed by atoms with Crippen molar-refractivity contribution >= 4 is 39.5 Å². The number of hydrogen-bond donors (Lipinski definition) is 3. The second-order valence-corrected chi connectivity index (χ2v) is 37.2. The van der Waals surface area contributed by atoms with Crippen LogP contribution >= 0.6 is 15.6 Å². The van der Waals surface area contributed by atoms with Crippen molar-refractivity contribution < 1.29 is 80.2 Å². The highest BCUT2D eigenvalue weighted by molar-refractivity contribution is 7.47. The lowest BCUT2D eigenvalue weighted by atomic mass is 9.99.